The van der Waals surface area contributed by atoms with Crippen molar-refractivity contribution in [1.29, 1.82) is 0 Å². The monoisotopic (exact) mass is 285 g/mol. The highest BCUT2D eigenvalue weighted by Gasteiger charge is 2.24. The zero-order valence-electron chi connectivity index (χ0n) is 12.1. The van der Waals surface area contributed by atoms with Crippen LogP contribution in [-0.2, 0) is 0 Å². The lowest BCUT2D eigenvalue weighted by Gasteiger charge is -2.29. The number of rotatable bonds is 2. The van der Waals surface area contributed by atoms with Crippen molar-refractivity contribution in [1.82, 2.24) is 15.5 Å². The van der Waals surface area contributed by atoms with Crippen molar-refractivity contribution in [2.45, 2.75) is 38.6 Å². The first-order valence-electron chi connectivity index (χ1n) is 7.45. The second kappa shape index (κ2) is 5.68. The lowest BCUT2D eigenvalue weighted by atomic mass is 9.86. The molecule has 0 aliphatic heterocycles. The second-order valence-corrected chi connectivity index (χ2v) is 5.79. The van der Waals surface area contributed by atoms with Crippen LogP contribution in [0, 0.1) is 5.92 Å². The summed E-state index contributed by atoms with van der Waals surface area (Å²) < 4.78 is 0. The van der Waals surface area contributed by atoms with Gasteiger partial charge in [-0.2, -0.15) is 5.10 Å². The molecular weight excluding hydrogens is 266 g/mol. The summed E-state index contributed by atoms with van der Waals surface area (Å²) >= 11 is 0. The molecule has 2 N–H and O–H groups in total. The minimum absolute atomic E-state index is 0.193. The number of carbonyl (C=O) groups is 1. The Labute approximate surface area is 122 Å². The van der Waals surface area contributed by atoms with Crippen LogP contribution >= 0.6 is 0 Å². The lowest BCUT2D eigenvalue weighted by Crippen LogP contribution is -2.41. The van der Waals surface area contributed by atoms with Crippen LogP contribution in [0.3, 0.4) is 0 Å². The van der Waals surface area contributed by atoms with E-state index in [-0.39, 0.29) is 17.5 Å². The molecule has 1 aromatic heterocycles. The standard InChI is InChI=1S/C16H19N3O2/c1-10-6-2-5-9-13(10)17-16(21)14-11-7-3-4-8-12(11)15(20)19-18-14/h3-4,7-8,10,13H,2,5-6,9H2,1H3,(H,17,21)(H,19,20). The van der Waals surface area contributed by atoms with Crippen molar-refractivity contribution in [3.8, 4) is 0 Å². The Morgan fingerprint density at radius 1 is 1.24 bits per heavy atom. The SMILES string of the molecule is CC1CCCCC1NC(=O)c1n[nH]c(=O)c2ccccc12. The van der Waals surface area contributed by atoms with Gasteiger partial charge in [-0.25, -0.2) is 5.10 Å². The number of hydrogen-bond donors (Lipinski definition) is 2. The van der Waals surface area contributed by atoms with Crippen molar-refractivity contribution in [2.24, 2.45) is 5.92 Å². The van der Waals surface area contributed by atoms with Crippen LogP contribution in [0.1, 0.15) is 43.1 Å². The molecule has 1 fully saturated rings. The fraction of sp³-hybridized carbons (Fsp3) is 0.438. The van der Waals surface area contributed by atoms with Crippen molar-refractivity contribution in [2.75, 3.05) is 0 Å². The third-order valence-electron chi connectivity index (χ3n) is 4.34. The Balaban J connectivity index is 1.91. The molecule has 3 rings (SSSR count). The van der Waals surface area contributed by atoms with E-state index in [1.165, 1.54) is 6.42 Å². The fourth-order valence-electron chi connectivity index (χ4n) is 3.06. The van der Waals surface area contributed by atoms with Gasteiger partial charge in [-0.05, 0) is 24.8 Å². The van der Waals surface area contributed by atoms with Gasteiger partial charge in [0.15, 0.2) is 5.69 Å². The summed E-state index contributed by atoms with van der Waals surface area (Å²) in [6.07, 6.45) is 4.53. The molecule has 0 bridgehead atoms. The molecule has 1 aromatic carbocycles. The smallest absolute Gasteiger partial charge is 0.272 e. The molecule has 1 aliphatic rings. The molecule has 2 unspecified atom stereocenters. The van der Waals surface area contributed by atoms with Gasteiger partial charge in [0.25, 0.3) is 11.5 Å². The maximum atomic E-state index is 12.5. The number of fused-ring (bicyclic) bond motifs is 1. The summed E-state index contributed by atoms with van der Waals surface area (Å²) in [6, 6.07) is 7.25. The van der Waals surface area contributed by atoms with E-state index in [0.717, 1.165) is 19.3 Å². The topological polar surface area (TPSA) is 74.8 Å². The highest BCUT2D eigenvalue weighted by molar-refractivity contribution is 6.04. The summed E-state index contributed by atoms with van der Waals surface area (Å²) in [4.78, 5) is 24.2. The molecule has 0 radical (unpaired) electrons. The van der Waals surface area contributed by atoms with E-state index in [9.17, 15) is 9.59 Å². The Morgan fingerprint density at radius 3 is 2.71 bits per heavy atom. The number of aromatic nitrogens is 2. The third-order valence-corrected chi connectivity index (χ3v) is 4.34. The predicted octanol–water partition coefficient (Wildman–Crippen LogP) is 2.23. The molecule has 2 aromatic rings. The number of nitrogens with zero attached hydrogens (tertiary/aromatic N) is 1. The van der Waals surface area contributed by atoms with E-state index in [4.69, 9.17) is 0 Å². The summed E-state index contributed by atoms with van der Waals surface area (Å²) in [6.45, 7) is 2.17. The molecule has 21 heavy (non-hydrogen) atoms. The van der Waals surface area contributed by atoms with E-state index >= 15 is 0 Å². The number of hydrogen-bond acceptors (Lipinski definition) is 3. The average Bonchev–Trinajstić information content (AvgIpc) is 2.50. The molecule has 1 aliphatic carbocycles. The second-order valence-electron chi connectivity index (χ2n) is 5.79. The van der Waals surface area contributed by atoms with Crippen molar-refractivity contribution in [3.05, 3.63) is 40.3 Å². The number of nitrogens with one attached hydrogen (secondary N) is 2. The Kier molecular flexibility index (Phi) is 3.73. The number of carbonyl (C=O) groups excluding carboxylic acids is 1. The molecule has 0 spiro atoms. The quantitative estimate of drug-likeness (QED) is 0.888. The van der Waals surface area contributed by atoms with Crippen molar-refractivity contribution < 1.29 is 4.79 Å². The van der Waals surface area contributed by atoms with E-state index in [2.05, 4.69) is 22.4 Å². The summed E-state index contributed by atoms with van der Waals surface area (Å²) in [7, 11) is 0. The van der Waals surface area contributed by atoms with Crippen molar-refractivity contribution in [3.63, 3.8) is 0 Å². The molecule has 1 heterocycles. The van der Waals surface area contributed by atoms with Crippen LogP contribution in [0.25, 0.3) is 10.8 Å². The third kappa shape index (κ3) is 2.68. The summed E-state index contributed by atoms with van der Waals surface area (Å²) in [5, 5.41) is 10.5. The van der Waals surface area contributed by atoms with Crippen molar-refractivity contribution >= 4 is 16.7 Å². The maximum Gasteiger partial charge on any atom is 0.272 e. The van der Waals surface area contributed by atoms with Gasteiger partial charge in [-0.15, -0.1) is 0 Å². The van der Waals surface area contributed by atoms with Crippen LogP contribution in [-0.4, -0.2) is 22.1 Å². The average molecular weight is 285 g/mol. The summed E-state index contributed by atoms with van der Waals surface area (Å²) in [5.41, 5.74) is 0.0242. The molecular formula is C16H19N3O2. The minimum atomic E-state index is -0.270. The number of aromatic amines is 1. The normalized spacial score (nSPS) is 22.1. The minimum Gasteiger partial charge on any atom is -0.348 e. The van der Waals surface area contributed by atoms with Crippen LogP contribution in [0.5, 0.6) is 0 Å². The molecule has 110 valence electrons. The highest BCUT2D eigenvalue weighted by Crippen LogP contribution is 2.24. The zero-order valence-corrected chi connectivity index (χ0v) is 12.1. The highest BCUT2D eigenvalue weighted by atomic mass is 16.2. The van der Waals surface area contributed by atoms with Crippen LogP contribution in [0.4, 0.5) is 0 Å². The predicted molar refractivity (Wildman–Crippen MR) is 81.2 cm³/mol. The Bertz CT molecular complexity index is 723. The molecule has 5 heteroatoms. The van der Waals surface area contributed by atoms with Gasteiger partial charge in [-0.3, -0.25) is 9.59 Å². The maximum absolute atomic E-state index is 12.5. The molecule has 5 nitrogen and oxygen atoms in total. The Morgan fingerprint density at radius 2 is 1.95 bits per heavy atom. The van der Waals surface area contributed by atoms with Gasteiger partial charge >= 0.3 is 0 Å². The number of H-pyrrole nitrogens is 1. The first kappa shape index (κ1) is 13.8. The van der Waals surface area contributed by atoms with E-state index in [1.54, 1.807) is 18.2 Å². The van der Waals surface area contributed by atoms with Gasteiger partial charge in [0.05, 0.1) is 5.39 Å². The molecule has 1 amide bonds. The molecule has 0 saturated heterocycles. The van der Waals surface area contributed by atoms with Crippen LogP contribution in [0.2, 0.25) is 0 Å². The van der Waals surface area contributed by atoms with E-state index < -0.39 is 0 Å². The van der Waals surface area contributed by atoms with Crippen LogP contribution < -0.4 is 10.9 Å². The number of amides is 1. The lowest BCUT2D eigenvalue weighted by molar-refractivity contribution is 0.0906. The molecule has 1 saturated carbocycles. The summed E-state index contributed by atoms with van der Waals surface area (Å²) in [5.74, 6) is 0.276. The van der Waals surface area contributed by atoms with E-state index in [0.29, 0.717) is 22.4 Å². The fourth-order valence-corrected chi connectivity index (χ4v) is 3.06. The van der Waals surface area contributed by atoms with Gasteiger partial charge in [0.1, 0.15) is 0 Å². The Hall–Kier alpha value is -2.17. The van der Waals surface area contributed by atoms with Gasteiger partial charge in [0, 0.05) is 11.4 Å². The first-order chi connectivity index (χ1) is 10.2. The molecule has 2 atom stereocenters. The number of benzene rings is 1. The van der Waals surface area contributed by atoms with E-state index in [1.807, 2.05) is 6.07 Å². The largest absolute Gasteiger partial charge is 0.348 e. The first-order valence-corrected chi connectivity index (χ1v) is 7.45. The van der Waals surface area contributed by atoms with Gasteiger partial charge in [0.2, 0.25) is 0 Å². The van der Waals surface area contributed by atoms with Gasteiger partial charge in [-0.1, -0.05) is 38.0 Å². The van der Waals surface area contributed by atoms with Crippen LogP contribution in [0.15, 0.2) is 29.1 Å². The zero-order chi connectivity index (χ0) is 14.8. The van der Waals surface area contributed by atoms with Gasteiger partial charge < -0.3 is 5.32 Å².